The van der Waals surface area contributed by atoms with Crippen molar-refractivity contribution >= 4 is 21.4 Å². The highest BCUT2D eigenvalue weighted by atomic mass is 32.2. The van der Waals surface area contributed by atoms with Gasteiger partial charge < -0.3 is 10.1 Å². The molecule has 2 aliphatic rings. The summed E-state index contributed by atoms with van der Waals surface area (Å²) in [6.07, 6.45) is 2.59. The van der Waals surface area contributed by atoms with Crippen LogP contribution in [-0.4, -0.2) is 55.2 Å². The molecule has 2 saturated heterocycles. The number of sulfonamides is 1. The average molecular weight is 369 g/mol. The summed E-state index contributed by atoms with van der Waals surface area (Å²) in [5, 5.41) is 13.7. The van der Waals surface area contributed by atoms with Gasteiger partial charge in [0.1, 0.15) is 0 Å². The van der Waals surface area contributed by atoms with E-state index in [1.807, 2.05) is 0 Å². The third kappa shape index (κ3) is 4.28. The van der Waals surface area contributed by atoms with Gasteiger partial charge in [-0.1, -0.05) is 0 Å². The van der Waals surface area contributed by atoms with Crippen LogP contribution in [0.3, 0.4) is 0 Å². The lowest BCUT2D eigenvalue weighted by molar-refractivity contribution is -0.384. The molecule has 0 saturated carbocycles. The van der Waals surface area contributed by atoms with Crippen molar-refractivity contribution in [3.05, 3.63) is 34.4 Å². The van der Waals surface area contributed by atoms with E-state index in [1.165, 1.54) is 12.1 Å². The molecular weight excluding hydrogens is 346 g/mol. The summed E-state index contributed by atoms with van der Waals surface area (Å²) >= 11 is 0. The fraction of sp³-hybridized carbons (Fsp3) is 0.625. The van der Waals surface area contributed by atoms with E-state index in [2.05, 4.69) is 5.32 Å². The maximum absolute atomic E-state index is 12.7. The molecule has 2 fully saturated rings. The molecule has 2 heterocycles. The third-order valence-electron chi connectivity index (χ3n) is 4.85. The molecule has 1 aromatic carbocycles. The van der Waals surface area contributed by atoms with E-state index in [4.69, 9.17) is 4.74 Å². The number of nitro groups is 1. The minimum Gasteiger partial charge on any atom is -0.382 e. The highest BCUT2D eigenvalue weighted by molar-refractivity contribution is 7.89. The predicted octanol–water partition coefficient (Wildman–Crippen LogP) is 1.98. The molecule has 9 heteroatoms. The minimum absolute atomic E-state index is 0.0583. The second kappa shape index (κ2) is 7.67. The van der Waals surface area contributed by atoms with Crippen LogP contribution < -0.4 is 5.32 Å². The van der Waals surface area contributed by atoms with Crippen LogP contribution in [0.4, 0.5) is 11.4 Å². The second-order valence-electron chi connectivity index (χ2n) is 6.48. The van der Waals surface area contributed by atoms with Crippen LogP contribution in [0, 0.1) is 10.1 Å². The molecule has 3 rings (SSSR count). The Balaban J connectivity index is 1.53. The molecule has 0 spiro atoms. The SMILES string of the molecule is O=[N+]([O-])c1ccc(NC2CCN(S(=O)(=O)C3CCOCC3)CC2)cc1. The normalized spacial score (nSPS) is 21.1. The number of rotatable bonds is 5. The lowest BCUT2D eigenvalue weighted by Gasteiger charge is -2.35. The molecule has 0 aliphatic carbocycles. The van der Waals surface area contributed by atoms with Crippen molar-refractivity contribution in [2.75, 3.05) is 31.6 Å². The topological polar surface area (TPSA) is 102 Å². The molecule has 8 nitrogen and oxygen atoms in total. The summed E-state index contributed by atoms with van der Waals surface area (Å²) in [7, 11) is -3.25. The van der Waals surface area contributed by atoms with Gasteiger partial charge >= 0.3 is 0 Å². The van der Waals surface area contributed by atoms with Crippen LogP contribution in [0.25, 0.3) is 0 Å². The van der Waals surface area contributed by atoms with E-state index >= 15 is 0 Å². The van der Waals surface area contributed by atoms with Gasteiger partial charge in [-0.15, -0.1) is 0 Å². The Labute approximate surface area is 147 Å². The van der Waals surface area contributed by atoms with Gasteiger partial charge in [-0.25, -0.2) is 12.7 Å². The second-order valence-corrected chi connectivity index (χ2v) is 8.69. The number of nitrogens with zero attached hydrogens (tertiary/aromatic N) is 2. The number of hydrogen-bond acceptors (Lipinski definition) is 6. The Kier molecular flexibility index (Phi) is 5.55. The first-order chi connectivity index (χ1) is 12.0. The molecule has 0 radical (unpaired) electrons. The van der Waals surface area contributed by atoms with Gasteiger partial charge in [-0.05, 0) is 37.8 Å². The number of piperidine rings is 1. The van der Waals surface area contributed by atoms with Crippen molar-refractivity contribution in [3.63, 3.8) is 0 Å². The van der Waals surface area contributed by atoms with Crippen molar-refractivity contribution in [1.82, 2.24) is 4.31 Å². The number of ether oxygens (including phenoxy) is 1. The first-order valence-electron chi connectivity index (χ1n) is 8.54. The number of non-ortho nitro benzene ring substituents is 1. The zero-order chi connectivity index (χ0) is 17.9. The Morgan fingerprint density at radius 1 is 1.08 bits per heavy atom. The van der Waals surface area contributed by atoms with Crippen LogP contribution in [-0.2, 0) is 14.8 Å². The van der Waals surface area contributed by atoms with Gasteiger partial charge in [0, 0.05) is 50.2 Å². The predicted molar refractivity (Wildman–Crippen MR) is 94.1 cm³/mol. The van der Waals surface area contributed by atoms with Crippen LogP contribution in [0.15, 0.2) is 24.3 Å². The molecule has 0 unspecified atom stereocenters. The Hall–Kier alpha value is -1.71. The number of nitrogens with one attached hydrogen (secondary N) is 1. The Morgan fingerprint density at radius 3 is 2.24 bits per heavy atom. The highest BCUT2D eigenvalue weighted by Crippen LogP contribution is 2.25. The molecule has 1 N–H and O–H groups in total. The van der Waals surface area contributed by atoms with E-state index < -0.39 is 14.9 Å². The van der Waals surface area contributed by atoms with Gasteiger partial charge in [0.25, 0.3) is 5.69 Å². The van der Waals surface area contributed by atoms with Crippen LogP contribution in [0.1, 0.15) is 25.7 Å². The van der Waals surface area contributed by atoms with Crippen molar-refractivity contribution in [2.24, 2.45) is 0 Å². The Morgan fingerprint density at radius 2 is 1.68 bits per heavy atom. The molecule has 1 aromatic rings. The first kappa shape index (κ1) is 18.1. The number of hydrogen-bond donors (Lipinski definition) is 1. The van der Waals surface area contributed by atoms with E-state index in [0.29, 0.717) is 39.1 Å². The summed E-state index contributed by atoms with van der Waals surface area (Å²) in [6, 6.07) is 6.47. The molecule has 0 amide bonds. The van der Waals surface area contributed by atoms with Gasteiger partial charge in [0.2, 0.25) is 10.0 Å². The zero-order valence-electron chi connectivity index (χ0n) is 14.0. The lowest BCUT2D eigenvalue weighted by Crippen LogP contribution is -2.47. The maximum Gasteiger partial charge on any atom is 0.269 e. The quantitative estimate of drug-likeness (QED) is 0.629. The summed E-state index contributed by atoms with van der Waals surface area (Å²) in [6.45, 7) is 2.04. The molecule has 2 aliphatic heterocycles. The number of nitro benzene ring substituents is 1. The Bertz CT molecular complexity index is 693. The fourth-order valence-electron chi connectivity index (χ4n) is 3.35. The van der Waals surface area contributed by atoms with Crippen molar-refractivity contribution in [1.29, 1.82) is 0 Å². The van der Waals surface area contributed by atoms with Gasteiger partial charge in [-0.3, -0.25) is 10.1 Å². The summed E-state index contributed by atoms with van der Waals surface area (Å²) < 4.78 is 32.2. The van der Waals surface area contributed by atoms with Crippen LogP contribution in [0.2, 0.25) is 0 Å². The molecule has 25 heavy (non-hydrogen) atoms. The minimum atomic E-state index is -3.25. The van der Waals surface area contributed by atoms with Crippen LogP contribution in [0.5, 0.6) is 0 Å². The maximum atomic E-state index is 12.7. The summed E-state index contributed by atoms with van der Waals surface area (Å²) in [5.74, 6) is 0. The summed E-state index contributed by atoms with van der Waals surface area (Å²) in [5.41, 5.74) is 0.874. The van der Waals surface area contributed by atoms with Gasteiger partial charge in [0.15, 0.2) is 0 Å². The van der Waals surface area contributed by atoms with Gasteiger partial charge in [-0.2, -0.15) is 0 Å². The summed E-state index contributed by atoms with van der Waals surface area (Å²) in [4.78, 5) is 10.3. The van der Waals surface area contributed by atoms with E-state index in [-0.39, 0.29) is 17.0 Å². The van der Waals surface area contributed by atoms with E-state index in [1.54, 1.807) is 16.4 Å². The largest absolute Gasteiger partial charge is 0.382 e. The number of benzene rings is 1. The smallest absolute Gasteiger partial charge is 0.269 e. The van der Waals surface area contributed by atoms with Crippen molar-refractivity contribution in [3.8, 4) is 0 Å². The van der Waals surface area contributed by atoms with Crippen molar-refractivity contribution < 1.29 is 18.1 Å². The molecule has 0 aromatic heterocycles. The van der Waals surface area contributed by atoms with Crippen LogP contribution >= 0.6 is 0 Å². The third-order valence-corrected chi connectivity index (χ3v) is 7.25. The standard InChI is InChI=1S/C16H23N3O5S/c20-19(21)15-3-1-13(2-4-15)17-14-5-9-18(10-6-14)25(22,23)16-7-11-24-12-8-16/h1-4,14,16-17H,5-12H2. The van der Waals surface area contributed by atoms with E-state index in [9.17, 15) is 18.5 Å². The monoisotopic (exact) mass is 369 g/mol. The first-order valence-corrected chi connectivity index (χ1v) is 10.0. The molecule has 0 bridgehead atoms. The number of anilines is 1. The van der Waals surface area contributed by atoms with Gasteiger partial charge in [0.05, 0.1) is 10.2 Å². The van der Waals surface area contributed by atoms with Crippen molar-refractivity contribution in [2.45, 2.75) is 37.0 Å². The highest BCUT2D eigenvalue weighted by Gasteiger charge is 2.35. The van der Waals surface area contributed by atoms with E-state index in [0.717, 1.165) is 18.5 Å². The molecular formula is C16H23N3O5S. The zero-order valence-corrected chi connectivity index (χ0v) is 14.8. The fourth-order valence-corrected chi connectivity index (χ4v) is 5.28. The lowest BCUT2D eigenvalue weighted by atomic mass is 10.1. The molecule has 138 valence electrons. The molecule has 0 atom stereocenters. The average Bonchev–Trinajstić information content (AvgIpc) is 2.63.